The fourth-order valence-corrected chi connectivity index (χ4v) is 3.15. The Morgan fingerprint density at radius 2 is 1.85 bits per heavy atom. The van der Waals surface area contributed by atoms with Crippen LogP contribution in [-0.2, 0) is 20.9 Å². The van der Waals surface area contributed by atoms with Gasteiger partial charge in [-0.25, -0.2) is 9.59 Å². The van der Waals surface area contributed by atoms with Crippen molar-refractivity contribution in [3.63, 3.8) is 0 Å². The summed E-state index contributed by atoms with van der Waals surface area (Å²) in [4.78, 5) is 20.5. The fourth-order valence-electron chi connectivity index (χ4n) is 3.02. The molecule has 1 aliphatic rings. The molecule has 0 aromatic heterocycles. The maximum Gasteiger partial charge on any atom is 0.414 e. The van der Waals surface area contributed by atoms with Gasteiger partial charge in [-0.15, -0.1) is 0 Å². The number of rotatable bonds is 7. The Hall–Kier alpha value is -3.32. The molecule has 0 radical (unpaired) electrons. The number of hydrogen-bond donors (Lipinski definition) is 2. The Morgan fingerprint density at radius 3 is 2.45 bits per heavy atom. The van der Waals surface area contributed by atoms with E-state index in [2.05, 4.69) is 23.1 Å². The van der Waals surface area contributed by atoms with Crippen LogP contribution >= 0.6 is 11.6 Å². The van der Waals surface area contributed by atoms with Crippen molar-refractivity contribution < 1.29 is 34.0 Å². The van der Waals surface area contributed by atoms with Crippen LogP contribution in [0.4, 0.5) is 0 Å². The summed E-state index contributed by atoms with van der Waals surface area (Å²) >= 11 is 5.95. The third-order valence-electron chi connectivity index (χ3n) is 4.52. The molecule has 1 atom stereocenters. The zero-order chi connectivity index (χ0) is 24.2. The molecule has 0 bridgehead atoms. The molecule has 2 aromatic carbocycles. The minimum atomic E-state index is -1.82. The molecule has 0 amide bonds. The second-order valence-electron chi connectivity index (χ2n) is 6.98. The SMILES string of the molecule is CCOc1cc(C#N)ccc1OCC1CN(Cc2ccc(Cl)cc2)CCO1.O=C(O)C(=O)O. The number of carboxylic acid groups (broad SMARTS) is 2. The lowest BCUT2D eigenvalue weighted by atomic mass is 10.2. The minimum absolute atomic E-state index is 0.0174. The Labute approximate surface area is 196 Å². The van der Waals surface area contributed by atoms with Gasteiger partial charge in [0.1, 0.15) is 12.7 Å². The maximum absolute atomic E-state index is 9.10. The van der Waals surface area contributed by atoms with E-state index < -0.39 is 11.9 Å². The third-order valence-corrected chi connectivity index (χ3v) is 4.77. The van der Waals surface area contributed by atoms with Gasteiger partial charge in [0.15, 0.2) is 11.5 Å². The van der Waals surface area contributed by atoms with Crippen molar-refractivity contribution in [3.05, 3.63) is 58.6 Å². The molecule has 1 heterocycles. The van der Waals surface area contributed by atoms with Crippen LogP contribution in [0.15, 0.2) is 42.5 Å². The Kier molecular flexibility index (Phi) is 10.4. The average molecular weight is 477 g/mol. The number of halogens is 1. The molecule has 1 aliphatic heterocycles. The Balaban J connectivity index is 0.000000569. The topological polar surface area (TPSA) is 129 Å². The summed E-state index contributed by atoms with van der Waals surface area (Å²) in [5, 5.41) is 24.6. The molecule has 1 fully saturated rings. The van der Waals surface area contributed by atoms with Gasteiger partial charge < -0.3 is 24.4 Å². The van der Waals surface area contributed by atoms with Crippen molar-refractivity contribution in [1.29, 1.82) is 5.26 Å². The number of carbonyl (C=O) groups is 2. The number of nitrogens with zero attached hydrogens (tertiary/aromatic N) is 2. The third kappa shape index (κ3) is 8.98. The molecule has 33 heavy (non-hydrogen) atoms. The van der Waals surface area contributed by atoms with Gasteiger partial charge in [-0.1, -0.05) is 23.7 Å². The van der Waals surface area contributed by atoms with E-state index in [0.29, 0.717) is 36.9 Å². The highest BCUT2D eigenvalue weighted by Gasteiger charge is 2.22. The number of ether oxygens (including phenoxy) is 3. The highest BCUT2D eigenvalue weighted by molar-refractivity contribution is 6.30. The predicted octanol–water partition coefficient (Wildman–Crippen LogP) is 3.05. The van der Waals surface area contributed by atoms with Crippen molar-refractivity contribution in [3.8, 4) is 17.6 Å². The minimum Gasteiger partial charge on any atom is -0.490 e. The molecule has 0 aliphatic carbocycles. The van der Waals surface area contributed by atoms with Crippen molar-refractivity contribution in [2.24, 2.45) is 0 Å². The normalized spacial score (nSPS) is 15.5. The van der Waals surface area contributed by atoms with E-state index in [0.717, 1.165) is 24.7 Å². The maximum atomic E-state index is 9.10. The quantitative estimate of drug-likeness (QED) is 0.579. The summed E-state index contributed by atoms with van der Waals surface area (Å²) in [5.74, 6) is -2.43. The van der Waals surface area contributed by atoms with E-state index in [9.17, 15) is 0 Å². The summed E-state index contributed by atoms with van der Waals surface area (Å²) in [5.41, 5.74) is 1.78. The lowest BCUT2D eigenvalue weighted by Crippen LogP contribution is -2.44. The molecule has 0 spiro atoms. The summed E-state index contributed by atoms with van der Waals surface area (Å²) in [6.45, 7) is 6.07. The average Bonchev–Trinajstić information content (AvgIpc) is 2.80. The van der Waals surface area contributed by atoms with E-state index in [1.165, 1.54) is 5.56 Å². The van der Waals surface area contributed by atoms with E-state index in [-0.39, 0.29) is 6.10 Å². The molecule has 1 unspecified atom stereocenters. The van der Waals surface area contributed by atoms with Crippen LogP contribution in [-0.4, -0.2) is 66.1 Å². The Bertz CT molecular complexity index is 964. The number of carboxylic acids is 2. The van der Waals surface area contributed by atoms with Gasteiger partial charge in [0.2, 0.25) is 0 Å². The van der Waals surface area contributed by atoms with Crippen LogP contribution in [0.5, 0.6) is 11.5 Å². The largest absolute Gasteiger partial charge is 0.490 e. The molecular formula is C23H25ClN2O7. The first-order valence-electron chi connectivity index (χ1n) is 10.2. The lowest BCUT2D eigenvalue weighted by molar-refractivity contribution is -0.159. The second kappa shape index (κ2) is 13.3. The number of morpholine rings is 1. The number of hydrogen-bond acceptors (Lipinski definition) is 7. The van der Waals surface area contributed by atoms with Crippen LogP contribution in [0.25, 0.3) is 0 Å². The molecule has 10 heteroatoms. The van der Waals surface area contributed by atoms with E-state index in [4.69, 9.17) is 50.9 Å². The van der Waals surface area contributed by atoms with Gasteiger partial charge >= 0.3 is 11.9 Å². The lowest BCUT2D eigenvalue weighted by Gasteiger charge is -2.33. The highest BCUT2D eigenvalue weighted by atomic mass is 35.5. The van der Waals surface area contributed by atoms with E-state index >= 15 is 0 Å². The zero-order valence-corrected chi connectivity index (χ0v) is 18.8. The number of benzene rings is 2. The van der Waals surface area contributed by atoms with Crippen LogP contribution in [0.1, 0.15) is 18.1 Å². The first-order valence-corrected chi connectivity index (χ1v) is 10.5. The number of nitriles is 1. The van der Waals surface area contributed by atoms with Gasteiger partial charge in [-0.05, 0) is 36.8 Å². The molecule has 9 nitrogen and oxygen atoms in total. The standard InChI is InChI=1S/C21H23ClN2O3.C2H2O4/c1-2-25-21-11-17(12-23)5-8-20(21)27-15-19-14-24(9-10-26-19)13-16-3-6-18(22)7-4-16;3-1(4)2(5)6/h3-8,11,19H,2,9-10,13-15H2,1H3;(H,3,4)(H,5,6). The van der Waals surface area contributed by atoms with Crippen molar-refractivity contribution in [1.82, 2.24) is 4.90 Å². The predicted molar refractivity (Wildman–Crippen MR) is 120 cm³/mol. The summed E-state index contributed by atoms with van der Waals surface area (Å²) < 4.78 is 17.4. The first-order chi connectivity index (χ1) is 15.8. The number of aliphatic carboxylic acids is 2. The van der Waals surface area contributed by atoms with Crippen LogP contribution in [0.3, 0.4) is 0 Å². The van der Waals surface area contributed by atoms with E-state index in [1.54, 1.807) is 18.2 Å². The van der Waals surface area contributed by atoms with Crippen LogP contribution in [0.2, 0.25) is 5.02 Å². The smallest absolute Gasteiger partial charge is 0.414 e. The van der Waals surface area contributed by atoms with Gasteiger partial charge in [-0.3, -0.25) is 4.90 Å². The van der Waals surface area contributed by atoms with Gasteiger partial charge in [0, 0.05) is 30.7 Å². The Morgan fingerprint density at radius 1 is 1.15 bits per heavy atom. The monoisotopic (exact) mass is 476 g/mol. The fraction of sp³-hybridized carbons (Fsp3) is 0.348. The van der Waals surface area contributed by atoms with Crippen LogP contribution in [0, 0.1) is 11.3 Å². The van der Waals surface area contributed by atoms with E-state index in [1.807, 2.05) is 19.1 Å². The van der Waals surface area contributed by atoms with Crippen LogP contribution < -0.4 is 9.47 Å². The highest BCUT2D eigenvalue weighted by Crippen LogP contribution is 2.28. The van der Waals surface area contributed by atoms with Crippen molar-refractivity contribution in [2.45, 2.75) is 19.6 Å². The molecule has 1 saturated heterocycles. The van der Waals surface area contributed by atoms with Gasteiger partial charge in [-0.2, -0.15) is 5.26 Å². The van der Waals surface area contributed by atoms with Gasteiger partial charge in [0.05, 0.1) is 24.8 Å². The molecule has 3 rings (SSSR count). The zero-order valence-electron chi connectivity index (χ0n) is 18.1. The summed E-state index contributed by atoms with van der Waals surface area (Å²) in [7, 11) is 0. The van der Waals surface area contributed by atoms with Gasteiger partial charge in [0.25, 0.3) is 0 Å². The molecular weight excluding hydrogens is 452 g/mol. The molecule has 0 saturated carbocycles. The summed E-state index contributed by atoms with van der Waals surface area (Å²) in [6, 6.07) is 15.3. The molecule has 176 valence electrons. The summed E-state index contributed by atoms with van der Waals surface area (Å²) in [6.07, 6.45) is -0.0174. The molecule has 2 aromatic rings. The first kappa shape index (κ1) is 25.9. The molecule has 2 N–H and O–H groups in total. The van der Waals surface area contributed by atoms with Crippen molar-refractivity contribution >= 4 is 23.5 Å². The van der Waals surface area contributed by atoms with Crippen molar-refractivity contribution in [2.75, 3.05) is 32.9 Å². The second-order valence-corrected chi connectivity index (χ2v) is 7.42.